The number of halogens is 1. The molecule has 0 heterocycles. The van der Waals surface area contributed by atoms with Crippen molar-refractivity contribution >= 4 is 21.9 Å². The number of rotatable bonds is 4. The molecule has 0 fully saturated rings. The Morgan fingerprint density at radius 2 is 2.00 bits per heavy atom. The van der Waals surface area contributed by atoms with Crippen LogP contribution in [0.25, 0.3) is 11.1 Å². The molecule has 0 aromatic heterocycles. The van der Waals surface area contributed by atoms with Crippen LogP contribution in [0.1, 0.15) is 11.1 Å². The molecule has 112 valence electrons. The van der Waals surface area contributed by atoms with Crippen molar-refractivity contribution in [2.24, 2.45) is 0 Å². The van der Waals surface area contributed by atoms with E-state index >= 15 is 0 Å². The van der Waals surface area contributed by atoms with Crippen LogP contribution in [0.4, 0.5) is 0 Å². The molecular formula is C18H15BrO3. The first kappa shape index (κ1) is 16.1. The number of methoxy groups -OCH3 is 1. The zero-order chi connectivity index (χ0) is 15.9. The average molecular weight is 359 g/mol. The third-order valence-electron chi connectivity index (χ3n) is 3.11. The summed E-state index contributed by atoms with van der Waals surface area (Å²) in [5, 5.41) is 9.49. The summed E-state index contributed by atoms with van der Waals surface area (Å²) in [6.45, 7) is 0. The highest BCUT2D eigenvalue weighted by atomic mass is 79.9. The lowest BCUT2D eigenvalue weighted by Crippen LogP contribution is -1.99. The van der Waals surface area contributed by atoms with Gasteiger partial charge in [0.15, 0.2) is 0 Å². The Kier molecular flexibility index (Phi) is 5.62. The average Bonchev–Trinajstić information content (AvgIpc) is 2.52. The summed E-state index contributed by atoms with van der Waals surface area (Å²) in [6.07, 6.45) is 0.0141. The lowest BCUT2D eigenvalue weighted by molar-refractivity contribution is -0.136. The Hall–Kier alpha value is -2.25. The van der Waals surface area contributed by atoms with E-state index in [2.05, 4.69) is 27.8 Å². The van der Waals surface area contributed by atoms with Gasteiger partial charge < -0.3 is 9.84 Å². The molecule has 2 aromatic rings. The lowest BCUT2D eigenvalue weighted by atomic mass is 9.99. The van der Waals surface area contributed by atoms with Gasteiger partial charge in [0.25, 0.3) is 0 Å². The van der Waals surface area contributed by atoms with Gasteiger partial charge in [-0.1, -0.05) is 58.1 Å². The van der Waals surface area contributed by atoms with E-state index in [1.165, 1.54) is 0 Å². The molecule has 0 radical (unpaired) electrons. The monoisotopic (exact) mass is 358 g/mol. The van der Waals surface area contributed by atoms with Crippen LogP contribution in [0.15, 0.2) is 42.5 Å². The van der Waals surface area contributed by atoms with Gasteiger partial charge in [-0.15, -0.1) is 0 Å². The molecule has 2 rings (SSSR count). The third-order valence-corrected chi connectivity index (χ3v) is 3.39. The number of alkyl halides is 1. The van der Waals surface area contributed by atoms with Gasteiger partial charge in [-0.2, -0.15) is 0 Å². The molecule has 0 bridgehead atoms. The van der Waals surface area contributed by atoms with E-state index in [1.807, 2.05) is 42.5 Å². The van der Waals surface area contributed by atoms with Crippen LogP contribution in [0.2, 0.25) is 0 Å². The van der Waals surface area contributed by atoms with Gasteiger partial charge >= 0.3 is 5.97 Å². The molecule has 4 heteroatoms. The largest absolute Gasteiger partial charge is 0.495 e. The molecule has 0 aliphatic rings. The van der Waals surface area contributed by atoms with Gasteiger partial charge in [-0.25, -0.2) is 0 Å². The number of ether oxygens (including phenoxy) is 1. The van der Waals surface area contributed by atoms with Crippen LogP contribution >= 0.6 is 15.9 Å². The van der Waals surface area contributed by atoms with Gasteiger partial charge in [0, 0.05) is 0 Å². The predicted molar refractivity (Wildman–Crippen MR) is 90.4 cm³/mol. The third kappa shape index (κ3) is 4.12. The Bertz CT molecular complexity index is 741. The van der Waals surface area contributed by atoms with Crippen LogP contribution in [0, 0.1) is 11.8 Å². The maximum absolute atomic E-state index is 10.8. The first-order valence-corrected chi connectivity index (χ1v) is 7.80. The Morgan fingerprint density at radius 1 is 1.23 bits per heavy atom. The van der Waals surface area contributed by atoms with Crippen molar-refractivity contribution in [3.63, 3.8) is 0 Å². The second kappa shape index (κ2) is 7.67. The number of aliphatic carboxylic acids is 1. The van der Waals surface area contributed by atoms with E-state index in [4.69, 9.17) is 9.84 Å². The first-order valence-electron chi connectivity index (χ1n) is 6.68. The molecule has 0 unspecified atom stereocenters. The van der Waals surface area contributed by atoms with Gasteiger partial charge in [0.05, 0.1) is 24.4 Å². The van der Waals surface area contributed by atoms with E-state index in [1.54, 1.807) is 7.11 Å². The molecule has 0 aliphatic carbocycles. The minimum atomic E-state index is -0.837. The van der Waals surface area contributed by atoms with E-state index in [-0.39, 0.29) is 6.42 Å². The number of carboxylic acids is 1. The van der Waals surface area contributed by atoms with E-state index < -0.39 is 5.97 Å². The second-order valence-corrected chi connectivity index (χ2v) is 5.18. The number of benzene rings is 2. The van der Waals surface area contributed by atoms with Gasteiger partial charge in [-0.05, 0) is 28.8 Å². The van der Waals surface area contributed by atoms with Crippen molar-refractivity contribution < 1.29 is 14.6 Å². The summed E-state index contributed by atoms with van der Waals surface area (Å²) in [4.78, 5) is 10.8. The quantitative estimate of drug-likeness (QED) is 0.668. The zero-order valence-corrected chi connectivity index (χ0v) is 13.7. The molecule has 22 heavy (non-hydrogen) atoms. The predicted octanol–water partition coefficient (Wildman–Crippen LogP) is 3.74. The van der Waals surface area contributed by atoms with Crippen molar-refractivity contribution in [3.8, 4) is 28.7 Å². The van der Waals surface area contributed by atoms with Crippen molar-refractivity contribution in [2.45, 2.75) is 6.42 Å². The van der Waals surface area contributed by atoms with E-state index in [0.29, 0.717) is 5.33 Å². The fourth-order valence-corrected chi connectivity index (χ4v) is 2.29. The summed E-state index contributed by atoms with van der Waals surface area (Å²) in [5.74, 6) is 5.90. The standard InChI is InChI=1S/C18H15BrO3/c1-22-17-8-7-15(12-16(17)6-3-9-19)14-5-2-4-13(10-14)11-18(20)21/h2,4-5,7-8,10,12H,9,11H2,1H3,(H,20,21). The molecule has 0 saturated heterocycles. The van der Waals surface area contributed by atoms with E-state index in [0.717, 1.165) is 28.0 Å². The van der Waals surface area contributed by atoms with Crippen LogP contribution in [-0.2, 0) is 11.2 Å². The first-order chi connectivity index (χ1) is 10.6. The van der Waals surface area contributed by atoms with Crippen LogP contribution in [0.5, 0.6) is 5.75 Å². The number of hydrogen-bond acceptors (Lipinski definition) is 2. The smallest absolute Gasteiger partial charge is 0.307 e. The highest BCUT2D eigenvalue weighted by molar-refractivity contribution is 9.09. The fourth-order valence-electron chi connectivity index (χ4n) is 2.15. The van der Waals surface area contributed by atoms with Crippen LogP contribution in [-0.4, -0.2) is 23.5 Å². The Labute approximate surface area is 138 Å². The molecular weight excluding hydrogens is 344 g/mol. The summed E-state index contributed by atoms with van der Waals surface area (Å²) >= 11 is 3.28. The zero-order valence-electron chi connectivity index (χ0n) is 12.1. The summed E-state index contributed by atoms with van der Waals surface area (Å²) < 4.78 is 5.31. The number of hydrogen-bond donors (Lipinski definition) is 1. The minimum Gasteiger partial charge on any atom is -0.495 e. The Balaban J connectivity index is 2.42. The molecule has 0 amide bonds. The van der Waals surface area contributed by atoms with E-state index in [9.17, 15) is 4.79 Å². The van der Waals surface area contributed by atoms with Crippen molar-refractivity contribution in [1.29, 1.82) is 0 Å². The maximum atomic E-state index is 10.8. The van der Waals surface area contributed by atoms with Crippen molar-refractivity contribution in [1.82, 2.24) is 0 Å². The van der Waals surface area contributed by atoms with Crippen molar-refractivity contribution in [3.05, 3.63) is 53.6 Å². The van der Waals surface area contributed by atoms with Crippen LogP contribution < -0.4 is 4.74 Å². The lowest BCUT2D eigenvalue weighted by Gasteiger charge is -2.08. The molecule has 0 atom stereocenters. The fraction of sp³-hybridized carbons (Fsp3) is 0.167. The molecule has 1 N–H and O–H groups in total. The molecule has 3 nitrogen and oxygen atoms in total. The summed E-state index contributed by atoms with van der Waals surface area (Å²) in [5.41, 5.74) is 3.52. The molecule has 0 saturated carbocycles. The summed E-state index contributed by atoms with van der Waals surface area (Å²) in [7, 11) is 1.61. The van der Waals surface area contributed by atoms with Crippen LogP contribution in [0.3, 0.4) is 0 Å². The minimum absolute atomic E-state index is 0.0141. The highest BCUT2D eigenvalue weighted by Gasteiger charge is 2.06. The molecule has 0 aliphatic heterocycles. The topological polar surface area (TPSA) is 46.5 Å². The van der Waals surface area contributed by atoms with Gasteiger partial charge in [0.1, 0.15) is 5.75 Å². The molecule has 0 spiro atoms. The number of carbonyl (C=O) groups is 1. The maximum Gasteiger partial charge on any atom is 0.307 e. The highest BCUT2D eigenvalue weighted by Crippen LogP contribution is 2.27. The van der Waals surface area contributed by atoms with Gasteiger partial charge in [0.2, 0.25) is 0 Å². The normalized spacial score (nSPS) is 9.73. The Morgan fingerprint density at radius 3 is 2.68 bits per heavy atom. The molecule has 2 aromatic carbocycles. The van der Waals surface area contributed by atoms with Crippen molar-refractivity contribution in [2.75, 3.05) is 12.4 Å². The number of carboxylic acid groups (broad SMARTS) is 1. The second-order valence-electron chi connectivity index (χ2n) is 4.62. The van der Waals surface area contributed by atoms with Gasteiger partial charge in [-0.3, -0.25) is 4.79 Å². The summed E-state index contributed by atoms with van der Waals surface area (Å²) in [6, 6.07) is 13.3. The SMILES string of the molecule is COc1ccc(-c2cccc(CC(=O)O)c2)cc1C#CCBr.